The number of hydrazone groups is 1. The Balaban J connectivity index is 2.16. The molecule has 0 fully saturated rings. The van der Waals surface area contributed by atoms with Gasteiger partial charge in [0, 0.05) is 29.3 Å². The first kappa shape index (κ1) is 19.0. The van der Waals surface area contributed by atoms with Crippen molar-refractivity contribution in [2.75, 3.05) is 0 Å². The largest absolute Gasteiger partial charge is 0.369 e. The fourth-order valence-electron chi connectivity index (χ4n) is 2.69. The van der Waals surface area contributed by atoms with Gasteiger partial charge in [-0.1, -0.05) is 18.2 Å². The van der Waals surface area contributed by atoms with Gasteiger partial charge in [-0.05, 0) is 25.1 Å². The lowest BCUT2D eigenvalue weighted by Crippen LogP contribution is -2.26. The topological polar surface area (TPSA) is 156 Å². The third-order valence-electron chi connectivity index (χ3n) is 4.02. The summed E-state index contributed by atoms with van der Waals surface area (Å²) >= 11 is 0. The summed E-state index contributed by atoms with van der Waals surface area (Å²) in [5, 5.41) is 22.6. The van der Waals surface area contributed by atoms with E-state index in [1.165, 1.54) is 18.3 Å². The first-order valence-electron chi connectivity index (χ1n) is 7.96. The molecule has 3 rings (SSSR count). The van der Waals surface area contributed by atoms with Gasteiger partial charge in [-0.3, -0.25) is 15.5 Å². The first-order chi connectivity index (χ1) is 13.2. The second-order valence-corrected chi connectivity index (χ2v) is 7.65. The number of fused-ring (bicyclic) bond motifs is 1. The van der Waals surface area contributed by atoms with Crippen molar-refractivity contribution in [3.05, 3.63) is 70.4 Å². The number of nitrogens with two attached hydrogens (primary N) is 1. The summed E-state index contributed by atoms with van der Waals surface area (Å²) in [4.78, 5) is 10.1. The molecule has 0 bridgehead atoms. The molecule has 0 radical (unpaired) electrons. The summed E-state index contributed by atoms with van der Waals surface area (Å²) in [5.41, 5.74) is 8.76. The molecule has 3 aromatic rings. The summed E-state index contributed by atoms with van der Waals surface area (Å²) < 4.78 is 27.3. The third-order valence-corrected chi connectivity index (χ3v) is 5.70. The molecule has 10 nitrogen and oxygen atoms in total. The smallest absolute Gasteiger partial charge is 0.269 e. The Labute approximate surface area is 160 Å². The number of nitro benzene ring substituents is 1. The predicted octanol–water partition coefficient (Wildman–Crippen LogP) is 1.99. The summed E-state index contributed by atoms with van der Waals surface area (Å²) in [7, 11) is -4.00. The van der Waals surface area contributed by atoms with Crippen LogP contribution < -0.4 is 11.2 Å². The van der Waals surface area contributed by atoms with Crippen LogP contribution in [0.4, 0.5) is 5.69 Å². The molecule has 0 aliphatic heterocycles. The summed E-state index contributed by atoms with van der Waals surface area (Å²) in [5.74, 6) is -0.346. The number of nitrogens with one attached hydrogen (secondary N) is 2. The Kier molecular flexibility index (Phi) is 4.84. The van der Waals surface area contributed by atoms with E-state index < -0.39 is 14.9 Å². The van der Waals surface area contributed by atoms with Gasteiger partial charge in [0.15, 0.2) is 0 Å². The van der Waals surface area contributed by atoms with Crippen LogP contribution in [0.2, 0.25) is 0 Å². The Bertz CT molecular complexity index is 1210. The molecule has 11 heteroatoms. The van der Waals surface area contributed by atoms with Crippen LogP contribution in [0.25, 0.3) is 10.9 Å². The molecule has 1 heterocycles. The molecule has 0 atom stereocenters. The fourth-order valence-corrected chi connectivity index (χ4v) is 4.06. The van der Waals surface area contributed by atoms with Gasteiger partial charge in [-0.2, -0.15) is 5.10 Å². The lowest BCUT2D eigenvalue weighted by atomic mass is 10.1. The highest BCUT2D eigenvalue weighted by Crippen LogP contribution is 2.27. The molecule has 144 valence electrons. The zero-order valence-electron chi connectivity index (χ0n) is 14.7. The molecular weight excluding hydrogens is 384 g/mol. The molecule has 0 aliphatic rings. The van der Waals surface area contributed by atoms with E-state index in [2.05, 4.69) is 10.5 Å². The molecule has 0 saturated carbocycles. The van der Waals surface area contributed by atoms with E-state index >= 15 is 0 Å². The number of nitrogens with zero attached hydrogens (tertiary/aromatic N) is 3. The maximum Gasteiger partial charge on any atom is 0.269 e. The molecule has 0 aliphatic carbocycles. The highest BCUT2D eigenvalue weighted by atomic mass is 32.2. The quantitative estimate of drug-likeness (QED) is 0.257. The number of para-hydroxylation sites is 1. The summed E-state index contributed by atoms with van der Waals surface area (Å²) in [6.07, 6.45) is 1.42. The van der Waals surface area contributed by atoms with E-state index in [-0.39, 0.29) is 16.5 Å². The van der Waals surface area contributed by atoms with Gasteiger partial charge in [0.05, 0.1) is 21.0 Å². The second-order valence-electron chi connectivity index (χ2n) is 5.83. The predicted molar refractivity (Wildman–Crippen MR) is 105 cm³/mol. The zero-order chi connectivity index (χ0) is 20.5. The molecule has 1 aromatic heterocycles. The van der Waals surface area contributed by atoms with E-state index in [9.17, 15) is 18.5 Å². The minimum atomic E-state index is -4.00. The number of non-ortho nitro benzene ring substituents is 1. The van der Waals surface area contributed by atoms with Crippen LogP contribution in [0, 0.1) is 15.5 Å². The van der Waals surface area contributed by atoms with Crippen molar-refractivity contribution in [1.29, 1.82) is 5.41 Å². The number of guanidine groups is 1. The Morgan fingerprint density at radius 3 is 2.46 bits per heavy atom. The van der Waals surface area contributed by atoms with Crippen molar-refractivity contribution in [3.8, 4) is 0 Å². The van der Waals surface area contributed by atoms with Gasteiger partial charge in [0.1, 0.15) is 0 Å². The van der Waals surface area contributed by atoms with E-state index in [1.807, 2.05) is 0 Å². The van der Waals surface area contributed by atoms with Crippen LogP contribution in [0.15, 0.2) is 64.7 Å². The van der Waals surface area contributed by atoms with Crippen LogP contribution >= 0.6 is 0 Å². The van der Waals surface area contributed by atoms with E-state index in [0.717, 1.165) is 16.1 Å². The number of nitro groups is 1. The number of hydrogen-bond donors (Lipinski definition) is 3. The van der Waals surface area contributed by atoms with Crippen molar-refractivity contribution < 1.29 is 13.3 Å². The number of benzene rings is 2. The Morgan fingerprint density at radius 1 is 1.21 bits per heavy atom. The monoisotopic (exact) mass is 400 g/mol. The summed E-state index contributed by atoms with van der Waals surface area (Å²) in [6.45, 7) is 1.65. The van der Waals surface area contributed by atoms with E-state index in [0.29, 0.717) is 22.2 Å². The molecule has 0 saturated heterocycles. The standard InChI is InChI=1S/C17H16N6O4S/c1-11(20-21-17(18)19)15-10-22(16-5-3-2-4-14(15)16)28(26,27)13-8-6-12(7-9-13)23(24)25/h2-10H,1H3,(H4,18,19,21). The van der Waals surface area contributed by atoms with Crippen LogP contribution in [0.5, 0.6) is 0 Å². The maximum absolute atomic E-state index is 13.1. The number of hydrogen-bond acceptors (Lipinski definition) is 6. The average molecular weight is 400 g/mol. The minimum Gasteiger partial charge on any atom is -0.369 e. The summed E-state index contributed by atoms with van der Waals surface area (Å²) in [6, 6.07) is 11.5. The van der Waals surface area contributed by atoms with Gasteiger partial charge < -0.3 is 5.73 Å². The van der Waals surface area contributed by atoms with Gasteiger partial charge in [-0.25, -0.2) is 17.8 Å². The normalized spacial score (nSPS) is 12.1. The molecule has 0 unspecified atom stereocenters. The highest BCUT2D eigenvalue weighted by Gasteiger charge is 2.22. The molecule has 2 aromatic carbocycles. The highest BCUT2D eigenvalue weighted by molar-refractivity contribution is 7.90. The van der Waals surface area contributed by atoms with Crippen LogP contribution in [0.3, 0.4) is 0 Å². The SMILES string of the molecule is CC(=NNC(=N)N)c1cn(S(=O)(=O)c2ccc([N+](=O)[O-])cc2)c2ccccc12. The van der Waals surface area contributed by atoms with Gasteiger partial charge in [-0.15, -0.1) is 0 Å². The second kappa shape index (κ2) is 7.12. The van der Waals surface area contributed by atoms with Crippen LogP contribution in [-0.2, 0) is 10.0 Å². The molecule has 4 N–H and O–H groups in total. The van der Waals surface area contributed by atoms with Gasteiger partial charge in [0.25, 0.3) is 15.7 Å². The van der Waals surface area contributed by atoms with Crippen molar-refractivity contribution in [2.24, 2.45) is 10.8 Å². The average Bonchev–Trinajstić information content (AvgIpc) is 3.06. The van der Waals surface area contributed by atoms with E-state index in [4.69, 9.17) is 11.1 Å². The lowest BCUT2D eigenvalue weighted by Gasteiger charge is -2.07. The first-order valence-corrected chi connectivity index (χ1v) is 9.40. The van der Waals surface area contributed by atoms with Crippen molar-refractivity contribution in [2.45, 2.75) is 11.8 Å². The van der Waals surface area contributed by atoms with Gasteiger partial charge >= 0.3 is 0 Å². The molecule has 0 amide bonds. The van der Waals surface area contributed by atoms with Crippen molar-refractivity contribution in [1.82, 2.24) is 9.40 Å². The van der Waals surface area contributed by atoms with Crippen molar-refractivity contribution >= 4 is 38.3 Å². The van der Waals surface area contributed by atoms with Crippen LogP contribution in [-0.4, -0.2) is 29.0 Å². The Hall–Kier alpha value is -3.73. The molecule has 28 heavy (non-hydrogen) atoms. The van der Waals surface area contributed by atoms with Crippen molar-refractivity contribution in [3.63, 3.8) is 0 Å². The number of rotatable bonds is 5. The van der Waals surface area contributed by atoms with E-state index in [1.54, 1.807) is 31.2 Å². The molecule has 0 spiro atoms. The molecular formula is C17H16N6O4S. The number of aromatic nitrogens is 1. The van der Waals surface area contributed by atoms with Gasteiger partial charge in [0.2, 0.25) is 5.96 Å². The minimum absolute atomic E-state index is 0.0816. The zero-order valence-corrected chi connectivity index (χ0v) is 15.5. The van der Waals surface area contributed by atoms with Crippen LogP contribution in [0.1, 0.15) is 12.5 Å². The lowest BCUT2D eigenvalue weighted by molar-refractivity contribution is -0.384. The third kappa shape index (κ3) is 3.42. The Morgan fingerprint density at radius 2 is 1.86 bits per heavy atom. The fraction of sp³-hybridized carbons (Fsp3) is 0.0588. The maximum atomic E-state index is 13.1.